The van der Waals surface area contributed by atoms with Crippen molar-refractivity contribution in [1.82, 2.24) is 15.6 Å². The molecule has 2 aliphatic rings. The molecule has 3 amide bonds. The normalized spacial score (nSPS) is 18.2. The van der Waals surface area contributed by atoms with Gasteiger partial charge in [-0.25, -0.2) is 14.2 Å². The number of benzene rings is 3. The molecule has 1 saturated heterocycles. The van der Waals surface area contributed by atoms with E-state index in [0.29, 0.717) is 11.3 Å². The standard InChI is InChI=1S/C31H33F4N7O3S/c1-18(2)23-11-5-19(3)13-26(23)42-27(43)16-46-30(42)38-29(44)37-25-12-6-20(14-24(25)32)15-40(4)28-36-17-41(39-28)21-7-9-22(10-8-21)45-31(33,34)35/h5-14,17-18,28,30,39H,15-16H2,1-4H3,(H2,37,38,44). The van der Waals surface area contributed by atoms with Gasteiger partial charge in [-0.05, 0) is 79.0 Å². The molecule has 3 N–H and O–H groups in total. The Morgan fingerprint density at radius 2 is 1.89 bits per heavy atom. The van der Waals surface area contributed by atoms with Crippen molar-refractivity contribution in [2.75, 3.05) is 28.0 Å². The van der Waals surface area contributed by atoms with Gasteiger partial charge in [0, 0.05) is 6.54 Å². The number of hydrogen-bond acceptors (Lipinski definition) is 8. The first-order valence-corrected chi connectivity index (χ1v) is 15.4. The van der Waals surface area contributed by atoms with E-state index in [9.17, 15) is 22.8 Å². The summed E-state index contributed by atoms with van der Waals surface area (Å²) in [5.74, 6) is -0.739. The first kappa shape index (κ1) is 33.0. The number of rotatable bonds is 9. The summed E-state index contributed by atoms with van der Waals surface area (Å²) in [6.07, 6.45) is -3.81. The molecule has 10 nitrogen and oxygen atoms in total. The van der Waals surface area contributed by atoms with Crippen LogP contribution in [0.4, 0.5) is 39.4 Å². The lowest BCUT2D eigenvalue weighted by molar-refractivity contribution is -0.274. The van der Waals surface area contributed by atoms with E-state index in [-0.39, 0.29) is 35.6 Å². The third-order valence-electron chi connectivity index (χ3n) is 7.25. The third-order valence-corrected chi connectivity index (χ3v) is 8.31. The Balaban J connectivity index is 1.16. The highest BCUT2D eigenvalue weighted by atomic mass is 32.2. The molecule has 15 heteroatoms. The Labute approximate surface area is 267 Å². The number of alkyl halides is 3. The molecule has 2 atom stereocenters. The molecule has 5 rings (SSSR count). The van der Waals surface area contributed by atoms with E-state index in [4.69, 9.17) is 0 Å². The van der Waals surface area contributed by atoms with Gasteiger partial charge in [-0.2, -0.15) is 5.43 Å². The van der Waals surface area contributed by atoms with Gasteiger partial charge in [0.2, 0.25) is 5.91 Å². The number of urea groups is 1. The summed E-state index contributed by atoms with van der Waals surface area (Å²) in [5.41, 5.74) is 6.28. The van der Waals surface area contributed by atoms with Crippen LogP contribution in [0.2, 0.25) is 0 Å². The number of aryl methyl sites for hydroxylation is 1. The van der Waals surface area contributed by atoms with Gasteiger partial charge in [0.15, 0.2) is 11.8 Å². The van der Waals surface area contributed by atoms with Crippen molar-refractivity contribution >= 4 is 47.1 Å². The van der Waals surface area contributed by atoms with Crippen molar-refractivity contribution in [2.24, 2.45) is 4.99 Å². The van der Waals surface area contributed by atoms with Crippen LogP contribution < -0.4 is 30.7 Å². The number of nitrogens with one attached hydrogen (secondary N) is 3. The minimum Gasteiger partial charge on any atom is -0.406 e. The van der Waals surface area contributed by atoms with Gasteiger partial charge < -0.3 is 15.4 Å². The second-order valence-corrected chi connectivity index (χ2v) is 12.2. The molecule has 3 aromatic rings. The molecule has 0 aromatic heterocycles. The number of aliphatic imine (C=N–C) groups is 1. The summed E-state index contributed by atoms with van der Waals surface area (Å²) in [6.45, 7) is 6.30. The maximum Gasteiger partial charge on any atom is 0.573 e. The number of thioether (sulfide) groups is 1. The molecule has 0 saturated carbocycles. The SMILES string of the molecule is Cc1ccc(C(C)C)c(N2C(=O)CSC2NC(=O)Nc2ccc(CN(C)C3N=CN(c4ccc(OC(F)(F)F)cc4)N3)cc2F)c1. The maximum absolute atomic E-state index is 15.1. The molecule has 0 radical (unpaired) electrons. The van der Waals surface area contributed by atoms with Gasteiger partial charge in [0.05, 0.1) is 22.8 Å². The maximum atomic E-state index is 15.1. The van der Waals surface area contributed by atoms with Crippen LogP contribution >= 0.6 is 11.8 Å². The van der Waals surface area contributed by atoms with Crippen LogP contribution in [0, 0.1) is 12.7 Å². The summed E-state index contributed by atoms with van der Waals surface area (Å²) >= 11 is 1.28. The average Bonchev–Trinajstić information content (AvgIpc) is 3.61. The van der Waals surface area contributed by atoms with Crippen LogP contribution in [0.25, 0.3) is 0 Å². The molecule has 2 aliphatic heterocycles. The van der Waals surface area contributed by atoms with Gasteiger partial charge in [-0.15, -0.1) is 24.9 Å². The predicted octanol–water partition coefficient (Wildman–Crippen LogP) is 6.11. The number of hydrazine groups is 1. The minimum absolute atomic E-state index is 0.0238. The van der Waals surface area contributed by atoms with E-state index in [2.05, 4.69) is 25.8 Å². The number of carbonyl (C=O) groups is 2. The molecule has 0 aliphatic carbocycles. The third kappa shape index (κ3) is 7.89. The largest absolute Gasteiger partial charge is 0.573 e. The summed E-state index contributed by atoms with van der Waals surface area (Å²) in [5, 5.41) is 6.88. The zero-order valence-corrected chi connectivity index (χ0v) is 26.2. The molecule has 0 spiro atoms. The van der Waals surface area contributed by atoms with Crippen LogP contribution in [-0.4, -0.2) is 54.1 Å². The van der Waals surface area contributed by atoms with E-state index in [1.165, 1.54) is 54.5 Å². The number of hydrogen-bond donors (Lipinski definition) is 3. The van der Waals surface area contributed by atoms with Crippen molar-refractivity contribution in [2.45, 2.75) is 51.4 Å². The zero-order chi connectivity index (χ0) is 33.2. The number of ether oxygens (including phenoxy) is 1. The number of nitrogens with zero attached hydrogens (tertiary/aromatic N) is 4. The molecule has 3 aromatic carbocycles. The Bertz CT molecular complexity index is 1620. The summed E-state index contributed by atoms with van der Waals surface area (Å²) in [4.78, 5) is 33.5. The smallest absolute Gasteiger partial charge is 0.406 e. The molecular weight excluding hydrogens is 626 g/mol. The molecule has 1 fully saturated rings. The van der Waals surface area contributed by atoms with Crippen molar-refractivity contribution in [3.05, 3.63) is 83.2 Å². The Kier molecular flexibility index (Phi) is 9.74. The lowest BCUT2D eigenvalue weighted by atomic mass is 9.98. The highest BCUT2D eigenvalue weighted by Gasteiger charge is 2.36. The van der Waals surface area contributed by atoms with E-state index < -0.39 is 30.0 Å². The highest BCUT2D eigenvalue weighted by Crippen LogP contribution is 2.35. The molecule has 0 bridgehead atoms. The fraction of sp³-hybridized carbons (Fsp3) is 0.323. The van der Waals surface area contributed by atoms with E-state index >= 15 is 4.39 Å². The number of carbonyl (C=O) groups excluding carboxylic acids is 2. The first-order valence-electron chi connectivity index (χ1n) is 14.3. The number of halogens is 4. The van der Waals surface area contributed by atoms with Gasteiger partial charge >= 0.3 is 12.4 Å². The second-order valence-electron chi connectivity index (χ2n) is 11.2. The number of amides is 3. The topological polar surface area (TPSA) is 102 Å². The minimum atomic E-state index is -4.78. The average molecular weight is 660 g/mol. The lowest BCUT2D eigenvalue weighted by Crippen LogP contribution is -2.46. The van der Waals surface area contributed by atoms with Crippen LogP contribution in [0.1, 0.15) is 36.5 Å². The fourth-order valence-corrected chi connectivity index (χ4v) is 6.04. The number of anilines is 3. The Morgan fingerprint density at radius 3 is 2.57 bits per heavy atom. The van der Waals surface area contributed by atoms with Crippen LogP contribution in [-0.2, 0) is 11.3 Å². The van der Waals surface area contributed by atoms with Gasteiger partial charge in [0.1, 0.15) is 17.9 Å². The van der Waals surface area contributed by atoms with E-state index in [0.717, 1.165) is 16.8 Å². The highest BCUT2D eigenvalue weighted by molar-refractivity contribution is 8.01. The van der Waals surface area contributed by atoms with Crippen LogP contribution in [0.15, 0.2) is 65.7 Å². The van der Waals surface area contributed by atoms with Crippen LogP contribution in [0.3, 0.4) is 0 Å². The van der Waals surface area contributed by atoms with Gasteiger partial charge in [-0.3, -0.25) is 19.6 Å². The first-order chi connectivity index (χ1) is 21.8. The van der Waals surface area contributed by atoms with Gasteiger partial charge in [-0.1, -0.05) is 32.0 Å². The van der Waals surface area contributed by atoms with Crippen molar-refractivity contribution in [3.63, 3.8) is 0 Å². The van der Waals surface area contributed by atoms with Crippen molar-refractivity contribution in [3.8, 4) is 5.75 Å². The summed E-state index contributed by atoms with van der Waals surface area (Å²) < 4.78 is 56.3. The predicted molar refractivity (Wildman–Crippen MR) is 170 cm³/mol. The molecular formula is C31H33F4N7O3S. The second kappa shape index (κ2) is 13.6. The quantitative estimate of drug-likeness (QED) is 0.239. The Morgan fingerprint density at radius 1 is 1.15 bits per heavy atom. The van der Waals surface area contributed by atoms with E-state index in [1.807, 2.05) is 39.0 Å². The monoisotopic (exact) mass is 659 g/mol. The van der Waals surface area contributed by atoms with Crippen molar-refractivity contribution < 1.29 is 31.9 Å². The lowest BCUT2D eigenvalue weighted by Gasteiger charge is -2.28. The van der Waals surface area contributed by atoms with E-state index in [1.54, 1.807) is 27.9 Å². The zero-order valence-electron chi connectivity index (χ0n) is 25.4. The molecule has 2 unspecified atom stereocenters. The molecule has 244 valence electrons. The Hall–Kier alpha value is -4.34. The molecule has 46 heavy (non-hydrogen) atoms. The van der Waals surface area contributed by atoms with Crippen LogP contribution in [0.5, 0.6) is 5.75 Å². The fourth-order valence-electron chi connectivity index (χ4n) is 5.03. The molecule has 2 heterocycles. The van der Waals surface area contributed by atoms with Gasteiger partial charge in [0.25, 0.3) is 0 Å². The summed E-state index contributed by atoms with van der Waals surface area (Å²) in [7, 11) is 1.77. The summed E-state index contributed by atoms with van der Waals surface area (Å²) in [6, 6.07) is 15.0. The van der Waals surface area contributed by atoms with Crippen molar-refractivity contribution in [1.29, 1.82) is 0 Å².